The summed E-state index contributed by atoms with van der Waals surface area (Å²) in [7, 11) is 1.63. The Bertz CT molecular complexity index is 1100. The van der Waals surface area contributed by atoms with Gasteiger partial charge in [-0.05, 0) is 36.2 Å². The lowest BCUT2D eigenvalue weighted by Crippen LogP contribution is -2.29. The summed E-state index contributed by atoms with van der Waals surface area (Å²) in [4.78, 5) is 13.1. The Labute approximate surface area is 163 Å². The fourth-order valence-corrected chi connectivity index (χ4v) is 3.39. The number of hydrogen-bond acceptors (Lipinski definition) is 3. The molecule has 0 aliphatic heterocycles. The second kappa shape index (κ2) is 7.61. The van der Waals surface area contributed by atoms with Gasteiger partial charge in [0.1, 0.15) is 11.3 Å². The van der Waals surface area contributed by atoms with Crippen LogP contribution in [0.4, 0.5) is 0 Å². The van der Waals surface area contributed by atoms with Crippen LogP contribution in [-0.4, -0.2) is 13.0 Å². The van der Waals surface area contributed by atoms with Crippen molar-refractivity contribution in [3.05, 3.63) is 101 Å². The summed E-state index contributed by atoms with van der Waals surface area (Å²) in [6.45, 7) is 1.91. The first kappa shape index (κ1) is 17.9. The van der Waals surface area contributed by atoms with E-state index in [9.17, 15) is 4.79 Å². The number of carbonyl (C=O) groups excluding carboxylic acids is 1. The molecule has 0 saturated carbocycles. The molecule has 3 aromatic carbocycles. The number of carbonyl (C=O) groups is 1. The molecule has 0 unspecified atom stereocenters. The van der Waals surface area contributed by atoms with E-state index < -0.39 is 0 Å². The zero-order valence-electron chi connectivity index (χ0n) is 15.8. The zero-order valence-corrected chi connectivity index (χ0v) is 15.8. The first-order chi connectivity index (χ1) is 13.7. The minimum atomic E-state index is -0.299. The van der Waals surface area contributed by atoms with E-state index in [1.807, 2.05) is 85.8 Å². The lowest BCUT2D eigenvalue weighted by molar-refractivity contribution is 0.0916. The Morgan fingerprint density at radius 3 is 2.21 bits per heavy atom. The first-order valence-electron chi connectivity index (χ1n) is 9.15. The minimum Gasteiger partial charge on any atom is -0.497 e. The molecule has 4 nitrogen and oxygen atoms in total. The van der Waals surface area contributed by atoms with Crippen LogP contribution in [0.5, 0.6) is 5.75 Å². The van der Waals surface area contributed by atoms with Gasteiger partial charge in [-0.1, -0.05) is 60.7 Å². The summed E-state index contributed by atoms with van der Waals surface area (Å²) < 4.78 is 11.1. The fraction of sp³-hybridized carbons (Fsp3) is 0.125. The summed E-state index contributed by atoms with van der Waals surface area (Å²) in [6.07, 6.45) is 0. The monoisotopic (exact) mass is 371 g/mol. The van der Waals surface area contributed by atoms with Crippen LogP contribution in [0.2, 0.25) is 0 Å². The maximum Gasteiger partial charge on any atom is 0.288 e. The number of aryl methyl sites for hydroxylation is 1. The summed E-state index contributed by atoms with van der Waals surface area (Å²) in [5, 5.41) is 4.08. The number of furan rings is 1. The van der Waals surface area contributed by atoms with E-state index in [1.54, 1.807) is 7.11 Å². The molecule has 1 atom stereocenters. The molecule has 1 aromatic heterocycles. The highest BCUT2D eigenvalue weighted by atomic mass is 16.5. The van der Waals surface area contributed by atoms with Gasteiger partial charge in [0.15, 0.2) is 5.76 Å². The second-order valence-corrected chi connectivity index (χ2v) is 6.64. The van der Waals surface area contributed by atoms with Crippen molar-refractivity contribution in [1.29, 1.82) is 0 Å². The van der Waals surface area contributed by atoms with Crippen LogP contribution in [-0.2, 0) is 0 Å². The Morgan fingerprint density at radius 2 is 1.54 bits per heavy atom. The number of ether oxygens (including phenoxy) is 1. The highest BCUT2D eigenvalue weighted by molar-refractivity contribution is 5.99. The van der Waals surface area contributed by atoms with Gasteiger partial charge in [0.25, 0.3) is 5.91 Å². The van der Waals surface area contributed by atoms with Crippen LogP contribution in [0.3, 0.4) is 0 Å². The van der Waals surface area contributed by atoms with Crippen LogP contribution in [0.25, 0.3) is 11.0 Å². The SMILES string of the molecule is COc1ccc([C@@H](NC(=O)c2oc3ccccc3c2C)c2ccccc2)cc1. The van der Waals surface area contributed by atoms with Crippen molar-refractivity contribution in [3.63, 3.8) is 0 Å². The van der Waals surface area contributed by atoms with Crippen molar-refractivity contribution < 1.29 is 13.9 Å². The van der Waals surface area contributed by atoms with E-state index in [1.165, 1.54) is 0 Å². The van der Waals surface area contributed by atoms with E-state index in [2.05, 4.69) is 5.32 Å². The summed E-state index contributed by atoms with van der Waals surface area (Å²) >= 11 is 0. The van der Waals surface area contributed by atoms with Gasteiger partial charge in [0.2, 0.25) is 0 Å². The predicted molar refractivity (Wildman–Crippen MR) is 110 cm³/mol. The predicted octanol–water partition coefficient (Wildman–Crippen LogP) is 5.27. The maximum absolute atomic E-state index is 13.1. The number of fused-ring (bicyclic) bond motifs is 1. The number of methoxy groups -OCH3 is 1. The lowest BCUT2D eigenvalue weighted by Gasteiger charge is -2.20. The van der Waals surface area contributed by atoms with Gasteiger partial charge in [-0.3, -0.25) is 4.79 Å². The molecule has 1 N–H and O–H groups in total. The van der Waals surface area contributed by atoms with Crippen molar-refractivity contribution in [2.24, 2.45) is 0 Å². The molecular weight excluding hydrogens is 350 g/mol. The average Bonchev–Trinajstić information content (AvgIpc) is 3.09. The third-order valence-corrected chi connectivity index (χ3v) is 4.91. The Hall–Kier alpha value is -3.53. The van der Waals surface area contributed by atoms with Crippen LogP contribution in [0.1, 0.15) is 33.3 Å². The largest absolute Gasteiger partial charge is 0.497 e. The third-order valence-electron chi connectivity index (χ3n) is 4.91. The van der Waals surface area contributed by atoms with E-state index >= 15 is 0 Å². The Kier molecular flexibility index (Phi) is 4.85. The van der Waals surface area contributed by atoms with Gasteiger partial charge in [-0.2, -0.15) is 0 Å². The zero-order chi connectivity index (χ0) is 19.5. The Balaban J connectivity index is 1.70. The maximum atomic E-state index is 13.1. The molecular formula is C24H21NO3. The topological polar surface area (TPSA) is 51.5 Å². The number of rotatable bonds is 5. The molecule has 1 amide bonds. The van der Waals surface area contributed by atoms with Gasteiger partial charge in [0, 0.05) is 10.9 Å². The van der Waals surface area contributed by atoms with Gasteiger partial charge >= 0.3 is 0 Å². The van der Waals surface area contributed by atoms with Gasteiger partial charge in [0.05, 0.1) is 13.2 Å². The molecule has 0 aliphatic carbocycles. The molecule has 4 aromatic rings. The van der Waals surface area contributed by atoms with Gasteiger partial charge in [-0.15, -0.1) is 0 Å². The van der Waals surface area contributed by atoms with Crippen molar-refractivity contribution in [2.75, 3.05) is 7.11 Å². The molecule has 0 fully saturated rings. The molecule has 28 heavy (non-hydrogen) atoms. The summed E-state index contributed by atoms with van der Waals surface area (Å²) in [5.41, 5.74) is 3.52. The molecule has 140 valence electrons. The van der Waals surface area contributed by atoms with E-state index in [0.29, 0.717) is 11.3 Å². The lowest BCUT2D eigenvalue weighted by atomic mass is 9.98. The van der Waals surface area contributed by atoms with E-state index in [4.69, 9.17) is 9.15 Å². The number of benzene rings is 3. The standard InChI is InChI=1S/C24H21NO3/c1-16-20-10-6-7-11-21(20)28-23(16)24(26)25-22(17-8-4-3-5-9-17)18-12-14-19(27-2)15-13-18/h3-15,22H,1-2H3,(H,25,26)/t22-/m0/s1. The number of hydrogen-bond donors (Lipinski definition) is 1. The van der Waals surface area contributed by atoms with E-state index in [-0.39, 0.29) is 11.9 Å². The quantitative estimate of drug-likeness (QED) is 0.520. The van der Waals surface area contributed by atoms with Crippen molar-refractivity contribution in [3.8, 4) is 5.75 Å². The first-order valence-corrected chi connectivity index (χ1v) is 9.15. The minimum absolute atomic E-state index is 0.238. The fourth-order valence-electron chi connectivity index (χ4n) is 3.39. The van der Waals surface area contributed by atoms with Crippen molar-refractivity contribution >= 4 is 16.9 Å². The molecule has 4 heteroatoms. The second-order valence-electron chi connectivity index (χ2n) is 6.64. The van der Waals surface area contributed by atoms with Crippen LogP contribution in [0, 0.1) is 6.92 Å². The molecule has 1 heterocycles. The smallest absolute Gasteiger partial charge is 0.288 e. The molecule has 0 bridgehead atoms. The van der Waals surface area contributed by atoms with Gasteiger partial charge in [-0.25, -0.2) is 0 Å². The van der Waals surface area contributed by atoms with Crippen LogP contribution < -0.4 is 10.1 Å². The van der Waals surface area contributed by atoms with Crippen LogP contribution in [0.15, 0.2) is 83.3 Å². The average molecular weight is 371 g/mol. The number of para-hydroxylation sites is 1. The normalized spacial score (nSPS) is 11.9. The molecule has 0 spiro atoms. The molecule has 0 radical (unpaired) electrons. The third kappa shape index (κ3) is 3.37. The number of nitrogens with one attached hydrogen (secondary N) is 1. The molecule has 4 rings (SSSR count). The molecule has 0 aliphatic rings. The summed E-state index contributed by atoms with van der Waals surface area (Å²) in [5.74, 6) is 0.879. The van der Waals surface area contributed by atoms with Crippen molar-refractivity contribution in [2.45, 2.75) is 13.0 Å². The van der Waals surface area contributed by atoms with Crippen LogP contribution >= 0.6 is 0 Å². The molecule has 0 saturated heterocycles. The highest BCUT2D eigenvalue weighted by Gasteiger charge is 2.22. The van der Waals surface area contributed by atoms with Crippen molar-refractivity contribution in [1.82, 2.24) is 5.32 Å². The highest BCUT2D eigenvalue weighted by Crippen LogP contribution is 2.28. The van der Waals surface area contributed by atoms with Gasteiger partial charge < -0.3 is 14.5 Å². The summed E-state index contributed by atoms with van der Waals surface area (Å²) in [6, 6.07) is 25.0. The Morgan fingerprint density at radius 1 is 0.893 bits per heavy atom. The number of amides is 1. The van der Waals surface area contributed by atoms with E-state index in [0.717, 1.165) is 27.8 Å².